The quantitative estimate of drug-likeness (QED) is 0.835. The Hall–Kier alpha value is -2.18. The lowest BCUT2D eigenvalue weighted by molar-refractivity contribution is 0.0164. The van der Waals surface area contributed by atoms with Crippen LogP contribution in [0.5, 0.6) is 0 Å². The van der Waals surface area contributed by atoms with Crippen LogP contribution in [0.25, 0.3) is 0 Å². The minimum atomic E-state index is -2.84. The number of hydrogen-bond acceptors (Lipinski definition) is 4. The zero-order valence-corrected chi connectivity index (χ0v) is 11.8. The SMILES string of the molecule is CC.NC1=Nc2ccc(C(=O)O)cc2[C@H]2CC(F)(F)CN12. The molecule has 0 amide bonds. The van der Waals surface area contributed by atoms with Gasteiger partial charge in [0.05, 0.1) is 23.8 Å². The number of benzene rings is 1. The predicted octanol–water partition coefficient (Wildman–Crippen LogP) is 2.75. The summed E-state index contributed by atoms with van der Waals surface area (Å²) < 4.78 is 27.0. The maximum Gasteiger partial charge on any atom is 0.335 e. The van der Waals surface area contributed by atoms with E-state index in [9.17, 15) is 13.6 Å². The minimum absolute atomic E-state index is 0.0535. The molecule has 7 heteroatoms. The van der Waals surface area contributed by atoms with Crippen LogP contribution in [-0.2, 0) is 0 Å². The smallest absolute Gasteiger partial charge is 0.335 e. The first kappa shape index (κ1) is 15.2. The zero-order valence-electron chi connectivity index (χ0n) is 11.8. The third kappa shape index (κ3) is 2.68. The second kappa shape index (κ2) is 5.31. The number of nitrogens with two attached hydrogens (primary N) is 1. The van der Waals surface area contributed by atoms with E-state index in [2.05, 4.69) is 4.99 Å². The van der Waals surface area contributed by atoms with Gasteiger partial charge in [-0.2, -0.15) is 0 Å². The van der Waals surface area contributed by atoms with Gasteiger partial charge in [0.2, 0.25) is 0 Å². The molecule has 1 fully saturated rings. The summed E-state index contributed by atoms with van der Waals surface area (Å²) in [5, 5.41) is 8.96. The van der Waals surface area contributed by atoms with Gasteiger partial charge in [-0.1, -0.05) is 13.8 Å². The first-order chi connectivity index (χ1) is 9.87. The van der Waals surface area contributed by atoms with Crippen molar-refractivity contribution in [2.24, 2.45) is 10.7 Å². The molecule has 114 valence electrons. The number of aromatic carboxylic acids is 1. The normalized spacial score (nSPS) is 21.6. The largest absolute Gasteiger partial charge is 0.478 e. The standard InChI is InChI=1S/C12H11F2N3O2.C2H6/c13-12(14)4-9-7-3-6(10(18)19)1-2-8(7)16-11(15)17(9)5-12;1-2/h1-3,9H,4-5H2,(H2,15,16)(H,18,19);1-2H3/t9-;/m1./s1. The minimum Gasteiger partial charge on any atom is -0.478 e. The molecule has 2 aliphatic rings. The Bertz CT molecular complexity index is 602. The van der Waals surface area contributed by atoms with E-state index < -0.39 is 24.5 Å². The average molecular weight is 297 g/mol. The Morgan fingerprint density at radius 3 is 2.76 bits per heavy atom. The van der Waals surface area contributed by atoms with Crippen molar-refractivity contribution in [1.29, 1.82) is 0 Å². The first-order valence-electron chi connectivity index (χ1n) is 6.73. The highest BCUT2D eigenvalue weighted by atomic mass is 19.3. The van der Waals surface area contributed by atoms with Crippen molar-refractivity contribution in [3.8, 4) is 0 Å². The molecule has 2 heterocycles. The van der Waals surface area contributed by atoms with E-state index in [-0.39, 0.29) is 17.9 Å². The Labute approximate surface area is 121 Å². The molecule has 3 N–H and O–H groups in total. The maximum absolute atomic E-state index is 13.5. The summed E-state index contributed by atoms with van der Waals surface area (Å²) in [6, 6.07) is 3.68. The maximum atomic E-state index is 13.5. The number of aliphatic imine (C=N–C) groups is 1. The zero-order chi connectivity index (χ0) is 15.8. The molecular formula is C14H17F2N3O2. The van der Waals surface area contributed by atoms with Crippen LogP contribution in [0.15, 0.2) is 23.2 Å². The lowest BCUT2D eigenvalue weighted by Crippen LogP contribution is -2.40. The monoisotopic (exact) mass is 297 g/mol. The first-order valence-corrected chi connectivity index (χ1v) is 6.73. The summed E-state index contributed by atoms with van der Waals surface area (Å²) in [4.78, 5) is 16.3. The van der Waals surface area contributed by atoms with Gasteiger partial charge >= 0.3 is 5.97 Å². The number of guanidine groups is 1. The third-order valence-corrected chi connectivity index (χ3v) is 3.43. The van der Waals surface area contributed by atoms with E-state index in [1.165, 1.54) is 23.1 Å². The second-order valence-corrected chi connectivity index (χ2v) is 4.75. The predicted molar refractivity (Wildman–Crippen MR) is 75.0 cm³/mol. The Morgan fingerprint density at radius 1 is 1.48 bits per heavy atom. The molecule has 21 heavy (non-hydrogen) atoms. The van der Waals surface area contributed by atoms with Crippen LogP contribution >= 0.6 is 0 Å². The summed E-state index contributed by atoms with van der Waals surface area (Å²) in [6.45, 7) is 3.52. The van der Waals surface area contributed by atoms with E-state index in [0.29, 0.717) is 11.3 Å². The molecule has 1 atom stereocenters. The van der Waals surface area contributed by atoms with Crippen LogP contribution in [0.1, 0.15) is 42.2 Å². The number of fused-ring (bicyclic) bond motifs is 3. The van der Waals surface area contributed by atoms with Gasteiger partial charge in [0, 0.05) is 12.0 Å². The molecule has 5 nitrogen and oxygen atoms in total. The highest BCUT2D eigenvalue weighted by Gasteiger charge is 2.48. The molecule has 0 radical (unpaired) electrons. The van der Waals surface area contributed by atoms with Crippen LogP contribution in [0.3, 0.4) is 0 Å². The number of carboxylic acid groups (broad SMARTS) is 1. The van der Waals surface area contributed by atoms with Crippen molar-refractivity contribution in [3.05, 3.63) is 29.3 Å². The summed E-state index contributed by atoms with van der Waals surface area (Å²) in [6.07, 6.45) is -0.376. The lowest BCUT2D eigenvalue weighted by Gasteiger charge is -2.30. The molecule has 0 aromatic heterocycles. The molecule has 2 aliphatic heterocycles. The highest BCUT2D eigenvalue weighted by Crippen LogP contribution is 2.46. The Kier molecular flexibility index (Phi) is 3.85. The molecule has 1 saturated heterocycles. The number of rotatable bonds is 1. The fourth-order valence-electron chi connectivity index (χ4n) is 2.58. The second-order valence-electron chi connectivity index (χ2n) is 4.75. The molecule has 1 aromatic carbocycles. The average Bonchev–Trinajstić information content (AvgIpc) is 2.77. The number of alkyl halides is 2. The van der Waals surface area contributed by atoms with E-state index in [1.807, 2.05) is 13.8 Å². The molecule has 0 unspecified atom stereocenters. The van der Waals surface area contributed by atoms with Crippen LogP contribution in [0.2, 0.25) is 0 Å². The van der Waals surface area contributed by atoms with Gasteiger partial charge in [-0.15, -0.1) is 0 Å². The molecule has 0 aliphatic carbocycles. The third-order valence-electron chi connectivity index (χ3n) is 3.43. The van der Waals surface area contributed by atoms with Crippen LogP contribution in [0, 0.1) is 0 Å². The number of halogens is 2. The van der Waals surface area contributed by atoms with Crippen LogP contribution in [-0.4, -0.2) is 34.4 Å². The fraction of sp³-hybridized carbons (Fsp3) is 0.429. The van der Waals surface area contributed by atoms with Gasteiger partial charge in [-0.05, 0) is 18.2 Å². The molecular weight excluding hydrogens is 280 g/mol. The summed E-state index contributed by atoms with van der Waals surface area (Å²) >= 11 is 0. The van der Waals surface area contributed by atoms with Gasteiger partial charge in [0.25, 0.3) is 5.92 Å². The van der Waals surface area contributed by atoms with Crippen LogP contribution in [0.4, 0.5) is 14.5 Å². The summed E-state index contributed by atoms with van der Waals surface area (Å²) in [5.41, 5.74) is 6.69. The highest BCUT2D eigenvalue weighted by molar-refractivity contribution is 5.90. The number of nitrogens with zero attached hydrogens (tertiary/aromatic N) is 2. The van der Waals surface area contributed by atoms with Crippen molar-refractivity contribution in [2.75, 3.05) is 6.54 Å². The van der Waals surface area contributed by atoms with Gasteiger partial charge in [-0.25, -0.2) is 18.6 Å². The van der Waals surface area contributed by atoms with Crippen molar-refractivity contribution in [2.45, 2.75) is 32.2 Å². The lowest BCUT2D eigenvalue weighted by atomic mass is 9.98. The summed E-state index contributed by atoms with van der Waals surface area (Å²) in [5.74, 6) is -3.88. The van der Waals surface area contributed by atoms with Gasteiger partial charge < -0.3 is 15.7 Å². The Balaban J connectivity index is 0.000000774. The van der Waals surface area contributed by atoms with E-state index in [4.69, 9.17) is 10.8 Å². The topological polar surface area (TPSA) is 78.9 Å². The molecule has 3 rings (SSSR count). The van der Waals surface area contributed by atoms with Gasteiger partial charge in [-0.3, -0.25) is 0 Å². The van der Waals surface area contributed by atoms with Crippen molar-refractivity contribution >= 4 is 17.6 Å². The molecule has 1 aromatic rings. The van der Waals surface area contributed by atoms with E-state index >= 15 is 0 Å². The van der Waals surface area contributed by atoms with E-state index in [0.717, 1.165) is 0 Å². The number of hydrogen-bond donors (Lipinski definition) is 2. The van der Waals surface area contributed by atoms with E-state index in [1.54, 1.807) is 0 Å². The number of carboxylic acids is 1. The summed E-state index contributed by atoms with van der Waals surface area (Å²) in [7, 11) is 0. The van der Waals surface area contributed by atoms with Crippen LogP contribution < -0.4 is 5.73 Å². The number of carbonyl (C=O) groups is 1. The molecule has 0 spiro atoms. The molecule has 0 saturated carbocycles. The molecule has 0 bridgehead atoms. The van der Waals surface area contributed by atoms with Gasteiger partial charge in [0.15, 0.2) is 5.96 Å². The Morgan fingerprint density at radius 2 is 2.14 bits per heavy atom. The van der Waals surface area contributed by atoms with Crippen molar-refractivity contribution in [3.63, 3.8) is 0 Å². The van der Waals surface area contributed by atoms with Crippen molar-refractivity contribution in [1.82, 2.24) is 4.90 Å². The fourth-order valence-corrected chi connectivity index (χ4v) is 2.58. The van der Waals surface area contributed by atoms with Crippen molar-refractivity contribution < 1.29 is 18.7 Å². The van der Waals surface area contributed by atoms with Gasteiger partial charge in [0.1, 0.15) is 0 Å².